The van der Waals surface area contributed by atoms with E-state index < -0.39 is 0 Å². The molecule has 1 atom stereocenters. The monoisotopic (exact) mass is 216 g/mol. The summed E-state index contributed by atoms with van der Waals surface area (Å²) in [6, 6.07) is 1.04. The lowest BCUT2D eigenvalue weighted by Gasteiger charge is -2.35. The Bertz CT molecular complexity index is 143. The Morgan fingerprint density at radius 3 is 2.13 bits per heavy atom. The first-order valence-corrected chi connectivity index (χ1v) is 5.92. The number of ether oxygens (including phenoxy) is 1. The second kappa shape index (κ2) is 8.08. The van der Waals surface area contributed by atoms with Crippen molar-refractivity contribution in [3.63, 3.8) is 0 Å². The van der Waals surface area contributed by atoms with E-state index >= 15 is 0 Å². The van der Waals surface area contributed by atoms with Crippen molar-refractivity contribution < 1.29 is 4.74 Å². The maximum absolute atomic E-state index is 5.29. The normalized spacial score (nSPS) is 14.2. The number of hydrogen-bond donors (Lipinski definition) is 1. The minimum Gasteiger partial charge on any atom is -0.383 e. The fraction of sp³-hybridized carbons (Fsp3) is 1.00. The van der Waals surface area contributed by atoms with Crippen LogP contribution < -0.4 is 5.32 Å². The lowest BCUT2D eigenvalue weighted by Crippen LogP contribution is -2.49. The summed E-state index contributed by atoms with van der Waals surface area (Å²) in [6.07, 6.45) is 0. The van der Waals surface area contributed by atoms with E-state index in [4.69, 9.17) is 4.74 Å². The van der Waals surface area contributed by atoms with E-state index in [1.165, 1.54) is 0 Å². The molecule has 0 rings (SSSR count). The van der Waals surface area contributed by atoms with Crippen molar-refractivity contribution in [2.24, 2.45) is 5.92 Å². The molecular formula is C12H28N2O. The quantitative estimate of drug-likeness (QED) is 0.667. The van der Waals surface area contributed by atoms with Crippen molar-refractivity contribution in [3.05, 3.63) is 0 Å². The molecule has 0 aromatic carbocycles. The van der Waals surface area contributed by atoms with Gasteiger partial charge in [0, 0.05) is 32.3 Å². The molecule has 3 heteroatoms. The van der Waals surface area contributed by atoms with Crippen molar-refractivity contribution in [1.29, 1.82) is 0 Å². The Kier molecular flexibility index (Phi) is 8.02. The van der Waals surface area contributed by atoms with Gasteiger partial charge in [-0.3, -0.25) is 4.90 Å². The van der Waals surface area contributed by atoms with Crippen LogP contribution in [0.15, 0.2) is 0 Å². The zero-order valence-electron chi connectivity index (χ0n) is 11.2. The van der Waals surface area contributed by atoms with Gasteiger partial charge in [0.2, 0.25) is 0 Å². The van der Waals surface area contributed by atoms with Gasteiger partial charge in [-0.25, -0.2) is 0 Å². The fourth-order valence-corrected chi connectivity index (χ4v) is 1.90. The molecule has 1 N–H and O–H groups in total. The van der Waals surface area contributed by atoms with E-state index in [2.05, 4.69) is 37.9 Å². The van der Waals surface area contributed by atoms with E-state index in [0.717, 1.165) is 19.7 Å². The average Bonchev–Trinajstić information content (AvgIpc) is 2.13. The third kappa shape index (κ3) is 6.13. The van der Waals surface area contributed by atoms with Gasteiger partial charge in [-0.05, 0) is 26.8 Å². The standard InChI is InChI=1S/C12H28N2O/c1-10(2)8-14(11(3)4)12(7-13-5)9-15-6/h10-13H,7-9H2,1-6H3. The highest BCUT2D eigenvalue weighted by Crippen LogP contribution is 2.09. The Morgan fingerprint density at radius 1 is 1.20 bits per heavy atom. The molecule has 0 radical (unpaired) electrons. The van der Waals surface area contributed by atoms with E-state index in [1.54, 1.807) is 7.11 Å². The van der Waals surface area contributed by atoms with Crippen LogP contribution in [0, 0.1) is 5.92 Å². The Hall–Kier alpha value is -0.120. The predicted molar refractivity (Wildman–Crippen MR) is 66.3 cm³/mol. The van der Waals surface area contributed by atoms with Crippen LogP contribution in [0.4, 0.5) is 0 Å². The molecule has 0 saturated carbocycles. The van der Waals surface area contributed by atoms with Gasteiger partial charge in [-0.2, -0.15) is 0 Å². The second-order valence-corrected chi connectivity index (χ2v) is 4.85. The summed E-state index contributed by atoms with van der Waals surface area (Å²) in [4.78, 5) is 2.52. The maximum Gasteiger partial charge on any atom is 0.0630 e. The molecule has 1 unspecified atom stereocenters. The van der Waals surface area contributed by atoms with Crippen LogP contribution in [0.25, 0.3) is 0 Å². The molecule has 0 aliphatic rings. The van der Waals surface area contributed by atoms with Gasteiger partial charge >= 0.3 is 0 Å². The van der Waals surface area contributed by atoms with E-state index in [1.807, 2.05) is 7.05 Å². The number of rotatable bonds is 8. The van der Waals surface area contributed by atoms with Crippen LogP contribution in [0.1, 0.15) is 27.7 Å². The molecule has 0 fully saturated rings. The maximum atomic E-state index is 5.29. The number of likely N-dealkylation sites (N-methyl/N-ethyl adjacent to an activating group) is 1. The first-order valence-electron chi connectivity index (χ1n) is 5.92. The van der Waals surface area contributed by atoms with Crippen LogP contribution in [-0.4, -0.2) is 50.8 Å². The minimum absolute atomic E-state index is 0.474. The largest absolute Gasteiger partial charge is 0.383 e. The minimum atomic E-state index is 0.474. The summed E-state index contributed by atoms with van der Waals surface area (Å²) in [7, 11) is 3.77. The topological polar surface area (TPSA) is 24.5 Å². The van der Waals surface area contributed by atoms with E-state index in [9.17, 15) is 0 Å². The number of methoxy groups -OCH3 is 1. The van der Waals surface area contributed by atoms with Gasteiger partial charge < -0.3 is 10.1 Å². The first kappa shape index (κ1) is 14.9. The SMILES string of the molecule is CNCC(COC)N(CC(C)C)C(C)C. The van der Waals surface area contributed by atoms with Gasteiger partial charge in [0.05, 0.1) is 6.61 Å². The zero-order valence-corrected chi connectivity index (χ0v) is 11.2. The zero-order chi connectivity index (χ0) is 11.8. The van der Waals surface area contributed by atoms with Gasteiger partial charge in [-0.15, -0.1) is 0 Å². The van der Waals surface area contributed by atoms with Gasteiger partial charge in [0.25, 0.3) is 0 Å². The molecule has 0 bridgehead atoms. The molecule has 0 aliphatic carbocycles. The molecule has 0 amide bonds. The third-order valence-corrected chi connectivity index (χ3v) is 2.51. The fourth-order valence-electron chi connectivity index (χ4n) is 1.90. The summed E-state index contributed by atoms with van der Waals surface area (Å²) >= 11 is 0. The van der Waals surface area contributed by atoms with E-state index in [0.29, 0.717) is 18.0 Å². The second-order valence-electron chi connectivity index (χ2n) is 4.85. The molecular weight excluding hydrogens is 188 g/mol. The summed E-state index contributed by atoms with van der Waals surface area (Å²) in [5, 5.41) is 3.24. The van der Waals surface area contributed by atoms with Crippen LogP contribution in [-0.2, 0) is 4.74 Å². The molecule has 0 spiro atoms. The predicted octanol–water partition coefficient (Wildman–Crippen LogP) is 1.59. The molecule has 0 aromatic rings. The number of hydrogen-bond acceptors (Lipinski definition) is 3. The van der Waals surface area contributed by atoms with Crippen molar-refractivity contribution in [1.82, 2.24) is 10.2 Å². The Morgan fingerprint density at radius 2 is 1.80 bits per heavy atom. The molecule has 92 valence electrons. The van der Waals surface area contributed by atoms with Gasteiger partial charge in [0.1, 0.15) is 0 Å². The molecule has 15 heavy (non-hydrogen) atoms. The summed E-state index contributed by atoms with van der Waals surface area (Å²) in [6.45, 7) is 11.9. The lowest BCUT2D eigenvalue weighted by atomic mass is 10.1. The highest BCUT2D eigenvalue weighted by molar-refractivity contribution is 4.77. The number of nitrogens with one attached hydrogen (secondary N) is 1. The van der Waals surface area contributed by atoms with Crippen LogP contribution in [0.5, 0.6) is 0 Å². The Balaban J connectivity index is 4.37. The molecule has 0 aromatic heterocycles. The molecule has 0 saturated heterocycles. The van der Waals surface area contributed by atoms with Gasteiger partial charge in [-0.1, -0.05) is 13.8 Å². The lowest BCUT2D eigenvalue weighted by molar-refractivity contribution is 0.0622. The number of nitrogens with zero attached hydrogens (tertiary/aromatic N) is 1. The smallest absolute Gasteiger partial charge is 0.0630 e. The first-order chi connectivity index (χ1) is 7.02. The van der Waals surface area contributed by atoms with Crippen LogP contribution in [0.2, 0.25) is 0 Å². The molecule has 3 nitrogen and oxygen atoms in total. The molecule has 0 aliphatic heterocycles. The van der Waals surface area contributed by atoms with Gasteiger partial charge in [0.15, 0.2) is 0 Å². The summed E-state index contributed by atoms with van der Waals surface area (Å²) in [5.41, 5.74) is 0. The van der Waals surface area contributed by atoms with Crippen molar-refractivity contribution in [2.45, 2.75) is 39.8 Å². The van der Waals surface area contributed by atoms with Crippen LogP contribution >= 0.6 is 0 Å². The van der Waals surface area contributed by atoms with Crippen molar-refractivity contribution in [2.75, 3.05) is 33.9 Å². The average molecular weight is 216 g/mol. The molecule has 0 heterocycles. The third-order valence-electron chi connectivity index (χ3n) is 2.51. The van der Waals surface area contributed by atoms with Crippen molar-refractivity contribution >= 4 is 0 Å². The highest BCUT2D eigenvalue weighted by atomic mass is 16.5. The van der Waals surface area contributed by atoms with Crippen molar-refractivity contribution in [3.8, 4) is 0 Å². The van der Waals surface area contributed by atoms with Crippen LogP contribution in [0.3, 0.4) is 0 Å². The summed E-state index contributed by atoms with van der Waals surface area (Å²) < 4.78 is 5.29. The highest BCUT2D eigenvalue weighted by Gasteiger charge is 2.21. The Labute approximate surface area is 95.2 Å². The summed E-state index contributed by atoms with van der Waals surface area (Å²) in [5.74, 6) is 0.698. The van der Waals surface area contributed by atoms with E-state index in [-0.39, 0.29) is 0 Å².